The zero-order valence-electron chi connectivity index (χ0n) is 13.1. The van der Waals surface area contributed by atoms with E-state index in [2.05, 4.69) is 0 Å². The largest absolute Gasteiger partial charge is 0.467 e. The minimum absolute atomic E-state index is 0.00842. The van der Waals surface area contributed by atoms with Gasteiger partial charge in [-0.15, -0.1) is 23.1 Å². The minimum Gasteiger partial charge on any atom is -0.467 e. The Morgan fingerprint density at radius 3 is 2.83 bits per heavy atom. The lowest BCUT2D eigenvalue weighted by molar-refractivity contribution is -0.129. The van der Waals surface area contributed by atoms with Gasteiger partial charge in [0, 0.05) is 10.1 Å². The van der Waals surface area contributed by atoms with Gasteiger partial charge in [0.25, 0.3) is 0 Å². The first-order valence-electron chi connectivity index (χ1n) is 7.66. The Bertz CT molecular complexity index is 717. The molecule has 0 spiro atoms. The van der Waals surface area contributed by atoms with Crippen LogP contribution in [0, 0.1) is 0 Å². The Morgan fingerprint density at radius 1 is 1.33 bits per heavy atom. The Hall–Kier alpha value is -1.25. The molecular weight excluding hydrogens is 366 g/mol. The number of thiophene rings is 1. The quantitative estimate of drug-likeness (QED) is 0.733. The molecule has 1 saturated heterocycles. The molecule has 0 N–H and O–H groups in total. The van der Waals surface area contributed by atoms with Crippen LogP contribution in [0.25, 0.3) is 0 Å². The fourth-order valence-corrected chi connectivity index (χ4v) is 6.85. The molecule has 5 nitrogen and oxygen atoms in total. The first-order chi connectivity index (χ1) is 11.5. The summed E-state index contributed by atoms with van der Waals surface area (Å²) < 4.78 is 28.4. The van der Waals surface area contributed by atoms with Gasteiger partial charge in [0.15, 0.2) is 9.84 Å². The fourth-order valence-electron chi connectivity index (χ4n) is 2.59. The second-order valence-electron chi connectivity index (χ2n) is 5.74. The van der Waals surface area contributed by atoms with Gasteiger partial charge in [0.1, 0.15) is 5.76 Å². The number of hydrogen-bond donors (Lipinski definition) is 0. The number of nitrogens with zero attached hydrogens (tertiary/aromatic N) is 1. The minimum atomic E-state index is -2.90. The lowest BCUT2D eigenvalue weighted by atomic mass is 10.3. The van der Waals surface area contributed by atoms with E-state index in [4.69, 9.17) is 4.42 Å². The van der Waals surface area contributed by atoms with Gasteiger partial charge >= 0.3 is 0 Å². The summed E-state index contributed by atoms with van der Waals surface area (Å²) in [6.07, 6.45) is 2.24. The molecule has 8 heteroatoms. The average molecular weight is 386 g/mol. The van der Waals surface area contributed by atoms with E-state index in [9.17, 15) is 13.2 Å². The maximum atomic E-state index is 12.6. The second kappa shape index (κ2) is 7.76. The molecule has 1 aliphatic heterocycles. The molecule has 1 atom stereocenters. The second-order valence-corrected chi connectivity index (χ2v) is 10.3. The monoisotopic (exact) mass is 385 g/mol. The number of thioether (sulfide) groups is 1. The van der Waals surface area contributed by atoms with Crippen LogP contribution in [0.4, 0.5) is 0 Å². The molecule has 2 aromatic rings. The Kier molecular flexibility index (Phi) is 5.68. The molecule has 2 aromatic heterocycles. The molecule has 0 aromatic carbocycles. The van der Waals surface area contributed by atoms with Crippen LogP contribution in [-0.4, -0.2) is 41.7 Å². The molecule has 1 unspecified atom stereocenters. The van der Waals surface area contributed by atoms with Gasteiger partial charge in [-0.25, -0.2) is 8.42 Å². The third-order valence-electron chi connectivity index (χ3n) is 3.84. The zero-order valence-corrected chi connectivity index (χ0v) is 15.5. The van der Waals surface area contributed by atoms with Gasteiger partial charge in [-0.3, -0.25) is 4.79 Å². The maximum absolute atomic E-state index is 12.6. The van der Waals surface area contributed by atoms with Crippen LogP contribution in [0.3, 0.4) is 0 Å². The van der Waals surface area contributed by atoms with Gasteiger partial charge in [-0.05, 0) is 30.0 Å². The van der Waals surface area contributed by atoms with Crippen LogP contribution in [0.2, 0.25) is 0 Å². The smallest absolute Gasteiger partial charge is 0.233 e. The number of hydrogen-bond acceptors (Lipinski definition) is 6. The van der Waals surface area contributed by atoms with Gasteiger partial charge in [-0.2, -0.15) is 0 Å². The van der Waals surface area contributed by atoms with Crippen LogP contribution in [0.1, 0.15) is 17.1 Å². The number of carbonyl (C=O) groups is 1. The molecule has 1 aliphatic rings. The molecule has 24 heavy (non-hydrogen) atoms. The summed E-state index contributed by atoms with van der Waals surface area (Å²) in [5, 5.41) is 2.02. The van der Waals surface area contributed by atoms with E-state index in [1.54, 1.807) is 28.6 Å². The van der Waals surface area contributed by atoms with E-state index < -0.39 is 9.84 Å². The van der Waals surface area contributed by atoms with Crippen molar-refractivity contribution >= 4 is 38.8 Å². The molecular formula is C16H19NO4S3. The summed E-state index contributed by atoms with van der Waals surface area (Å²) in [6, 6.07) is 7.63. The topological polar surface area (TPSA) is 67.6 Å². The molecule has 0 aliphatic carbocycles. The summed E-state index contributed by atoms with van der Waals surface area (Å²) in [5.74, 6) is 1.48. The van der Waals surface area contributed by atoms with Crippen molar-refractivity contribution in [2.75, 3.05) is 17.3 Å². The number of rotatable bonds is 7. The van der Waals surface area contributed by atoms with E-state index in [1.165, 1.54) is 11.8 Å². The van der Waals surface area contributed by atoms with Crippen molar-refractivity contribution in [1.29, 1.82) is 0 Å². The predicted molar refractivity (Wildman–Crippen MR) is 96.8 cm³/mol. The number of furan rings is 1. The predicted octanol–water partition coefficient (Wildman–Crippen LogP) is 2.79. The molecule has 0 bridgehead atoms. The van der Waals surface area contributed by atoms with Gasteiger partial charge in [-0.1, -0.05) is 6.07 Å². The van der Waals surface area contributed by atoms with Crippen molar-refractivity contribution in [1.82, 2.24) is 4.90 Å². The van der Waals surface area contributed by atoms with Crippen LogP contribution in [0.15, 0.2) is 40.3 Å². The average Bonchev–Trinajstić information content (AvgIpc) is 3.27. The standard InChI is InChI=1S/C16H19NO4S3/c18-16(11-23-15-5-8-24(19,20)12-15)17(9-13-3-1-6-21-13)10-14-4-2-7-22-14/h1-4,6-7,15H,5,8-12H2. The Balaban J connectivity index is 1.60. The van der Waals surface area contributed by atoms with E-state index in [0.717, 1.165) is 10.6 Å². The normalized spacial score (nSPS) is 19.4. The highest BCUT2D eigenvalue weighted by Crippen LogP contribution is 2.25. The third kappa shape index (κ3) is 4.87. The maximum Gasteiger partial charge on any atom is 0.233 e. The molecule has 3 rings (SSSR count). The molecule has 130 valence electrons. The highest BCUT2D eigenvalue weighted by Gasteiger charge is 2.29. The number of sulfone groups is 1. The molecule has 0 radical (unpaired) electrons. The summed E-state index contributed by atoms with van der Waals surface area (Å²) in [5.41, 5.74) is 0. The van der Waals surface area contributed by atoms with Crippen molar-refractivity contribution in [2.45, 2.75) is 24.8 Å². The molecule has 3 heterocycles. The van der Waals surface area contributed by atoms with E-state index >= 15 is 0 Å². The van der Waals surface area contributed by atoms with Gasteiger partial charge in [0.05, 0.1) is 36.6 Å². The van der Waals surface area contributed by atoms with Crippen molar-refractivity contribution in [3.8, 4) is 0 Å². The summed E-state index contributed by atoms with van der Waals surface area (Å²) in [7, 11) is -2.90. The van der Waals surface area contributed by atoms with Gasteiger partial charge in [0.2, 0.25) is 5.91 Å². The highest BCUT2D eigenvalue weighted by atomic mass is 32.2. The fraction of sp³-hybridized carbons (Fsp3) is 0.438. The van der Waals surface area contributed by atoms with Crippen molar-refractivity contribution in [2.24, 2.45) is 0 Å². The number of amides is 1. The number of carbonyl (C=O) groups excluding carboxylic acids is 1. The first kappa shape index (κ1) is 17.6. The van der Waals surface area contributed by atoms with Crippen molar-refractivity contribution < 1.29 is 17.6 Å². The van der Waals surface area contributed by atoms with Gasteiger partial charge < -0.3 is 9.32 Å². The SMILES string of the molecule is O=C(CSC1CCS(=O)(=O)C1)N(Cc1ccco1)Cc1cccs1. The first-order valence-corrected chi connectivity index (χ1v) is 11.4. The lowest BCUT2D eigenvalue weighted by Crippen LogP contribution is -2.31. The van der Waals surface area contributed by atoms with E-state index in [0.29, 0.717) is 25.3 Å². The highest BCUT2D eigenvalue weighted by molar-refractivity contribution is 8.02. The third-order valence-corrected chi connectivity index (χ3v) is 7.97. The molecule has 0 saturated carbocycles. The Morgan fingerprint density at radius 2 is 2.21 bits per heavy atom. The summed E-state index contributed by atoms with van der Waals surface area (Å²) in [4.78, 5) is 15.5. The summed E-state index contributed by atoms with van der Waals surface area (Å²) in [6.45, 7) is 0.966. The molecule has 1 amide bonds. The molecule has 1 fully saturated rings. The van der Waals surface area contributed by atoms with E-state index in [1.807, 2.05) is 23.6 Å². The van der Waals surface area contributed by atoms with Crippen LogP contribution in [0.5, 0.6) is 0 Å². The van der Waals surface area contributed by atoms with Crippen molar-refractivity contribution in [3.63, 3.8) is 0 Å². The Labute approximate surface area is 150 Å². The zero-order chi connectivity index (χ0) is 17.0. The van der Waals surface area contributed by atoms with Crippen molar-refractivity contribution in [3.05, 3.63) is 46.5 Å². The summed E-state index contributed by atoms with van der Waals surface area (Å²) >= 11 is 3.06. The van der Waals surface area contributed by atoms with Crippen LogP contribution < -0.4 is 0 Å². The lowest BCUT2D eigenvalue weighted by Gasteiger charge is -2.21. The van der Waals surface area contributed by atoms with Crippen LogP contribution >= 0.6 is 23.1 Å². The van der Waals surface area contributed by atoms with Crippen LogP contribution in [-0.2, 0) is 27.7 Å². The van der Waals surface area contributed by atoms with E-state index in [-0.39, 0.29) is 22.7 Å².